The molecule has 0 bridgehead atoms. The van der Waals surface area contributed by atoms with Gasteiger partial charge in [-0.2, -0.15) is 0 Å². The van der Waals surface area contributed by atoms with Crippen LogP contribution in [-0.4, -0.2) is 35.8 Å². The van der Waals surface area contributed by atoms with Gasteiger partial charge < -0.3 is 19.2 Å². The van der Waals surface area contributed by atoms with E-state index in [0.717, 1.165) is 73.7 Å². The van der Waals surface area contributed by atoms with Gasteiger partial charge in [0.05, 0.1) is 13.2 Å². The molecular weight excluding hydrogens is 500 g/mol. The van der Waals surface area contributed by atoms with Crippen LogP contribution in [0.4, 0.5) is 5.69 Å². The van der Waals surface area contributed by atoms with E-state index < -0.39 is 0 Å². The Bertz CT molecular complexity index is 1280. The number of anilines is 1. The quantitative estimate of drug-likeness (QED) is 0.315. The van der Waals surface area contributed by atoms with E-state index in [-0.39, 0.29) is 23.8 Å². The van der Waals surface area contributed by atoms with Gasteiger partial charge >= 0.3 is 0 Å². The number of rotatable bonds is 8. The van der Waals surface area contributed by atoms with E-state index in [0.29, 0.717) is 24.7 Å². The summed E-state index contributed by atoms with van der Waals surface area (Å²) in [6.07, 6.45) is 8.80. The number of benzene rings is 2. The molecule has 0 aliphatic heterocycles. The van der Waals surface area contributed by atoms with Gasteiger partial charge in [-0.25, -0.2) is 4.98 Å². The number of aliphatic hydroxyl groups excluding tert-OH is 1. The minimum atomic E-state index is -0.278. The predicted molar refractivity (Wildman–Crippen MR) is 159 cm³/mol. The molecule has 1 heterocycles. The van der Waals surface area contributed by atoms with Gasteiger partial charge in [-0.1, -0.05) is 38.1 Å². The topological polar surface area (TPSA) is 75.8 Å². The maximum Gasteiger partial charge on any atom is 0.230 e. The van der Waals surface area contributed by atoms with Gasteiger partial charge in [0.1, 0.15) is 17.7 Å². The van der Waals surface area contributed by atoms with Crippen LogP contribution in [0.1, 0.15) is 94.1 Å². The van der Waals surface area contributed by atoms with E-state index in [2.05, 4.69) is 50.0 Å². The maximum atomic E-state index is 14.0. The minimum Gasteiger partial charge on any atom is -0.496 e. The molecule has 1 N–H and O–H groups in total. The average molecular weight is 545 g/mol. The number of nitrogens with zero attached hydrogens (tertiary/aromatic N) is 2. The molecule has 1 amide bonds. The smallest absolute Gasteiger partial charge is 0.230 e. The van der Waals surface area contributed by atoms with Crippen LogP contribution in [0.3, 0.4) is 0 Å². The Morgan fingerprint density at radius 3 is 2.45 bits per heavy atom. The normalized spacial score (nSPS) is 23.2. The molecule has 0 spiro atoms. The summed E-state index contributed by atoms with van der Waals surface area (Å²) in [5.74, 6) is 3.04. The third kappa shape index (κ3) is 6.43. The molecule has 0 unspecified atom stereocenters. The zero-order chi connectivity index (χ0) is 28.2. The average Bonchev–Trinajstić information content (AvgIpc) is 3.47. The van der Waals surface area contributed by atoms with Crippen molar-refractivity contribution in [2.45, 2.75) is 90.1 Å². The van der Waals surface area contributed by atoms with Crippen LogP contribution < -0.4 is 9.64 Å². The molecule has 0 saturated heterocycles. The standard InChI is InChI=1S/C34H44N2O4/c1-22(2)33-35-31(21-40-33)28-6-5-7-29(19-28)36(34(38)26-12-15-30(37)16-13-26)20-24-8-10-25(11-9-24)27-14-17-32(39-4)23(3)18-27/h5-7,14,17-19,21-22,24-26,30,37H,8-13,15-16,20H2,1-4H3. The van der Waals surface area contributed by atoms with Crippen LogP contribution >= 0.6 is 0 Å². The lowest BCUT2D eigenvalue weighted by Gasteiger charge is -2.36. The predicted octanol–water partition coefficient (Wildman–Crippen LogP) is 7.64. The Balaban J connectivity index is 1.33. The van der Waals surface area contributed by atoms with Crippen molar-refractivity contribution in [3.8, 4) is 17.0 Å². The first kappa shape index (κ1) is 28.4. The third-order valence-corrected chi connectivity index (χ3v) is 8.96. The van der Waals surface area contributed by atoms with Crippen molar-refractivity contribution in [2.24, 2.45) is 11.8 Å². The summed E-state index contributed by atoms with van der Waals surface area (Å²) in [7, 11) is 1.72. The molecule has 0 radical (unpaired) electrons. The van der Waals surface area contributed by atoms with Gasteiger partial charge in [0.15, 0.2) is 5.89 Å². The number of ether oxygens (including phenoxy) is 1. The zero-order valence-corrected chi connectivity index (χ0v) is 24.4. The molecule has 2 fully saturated rings. The molecule has 40 heavy (non-hydrogen) atoms. The van der Waals surface area contributed by atoms with Gasteiger partial charge in [-0.3, -0.25) is 4.79 Å². The summed E-state index contributed by atoms with van der Waals surface area (Å²) in [6.45, 7) is 6.97. The number of aromatic nitrogens is 1. The first-order chi connectivity index (χ1) is 19.3. The number of oxazole rings is 1. The second-order valence-electron chi connectivity index (χ2n) is 12.2. The number of hydrogen-bond donors (Lipinski definition) is 1. The highest BCUT2D eigenvalue weighted by molar-refractivity contribution is 5.95. The molecule has 2 saturated carbocycles. The SMILES string of the molecule is COc1ccc(C2CCC(CN(C(=O)C3CCC(O)CC3)c3cccc(-c4coc(C(C)C)n4)c3)CC2)cc1C. The lowest BCUT2D eigenvalue weighted by Crippen LogP contribution is -2.41. The van der Waals surface area contributed by atoms with Crippen LogP contribution in [0.2, 0.25) is 0 Å². The van der Waals surface area contributed by atoms with Crippen molar-refractivity contribution < 1.29 is 19.1 Å². The molecule has 2 aromatic carbocycles. The van der Waals surface area contributed by atoms with Gasteiger partial charge in [-0.15, -0.1) is 0 Å². The van der Waals surface area contributed by atoms with Crippen molar-refractivity contribution in [2.75, 3.05) is 18.6 Å². The lowest BCUT2D eigenvalue weighted by atomic mass is 9.78. The minimum absolute atomic E-state index is 0.0368. The summed E-state index contributed by atoms with van der Waals surface area (Å²) in [6, 6.07) is 14.8. The van der Waals surface area contributed by atoms with Gasteiger partial charge in [0, 0.05) is 29.6 Å². The van der Waals surface area contributed by atoms with Crippen LogP contribution in [0.15, 0.2) is 53.1 Å². The maximum absolute atomic E-state index is 14.0. The monoisotopic (exact) mass is 544 g/mol. The Kier molecular flexibility index (Phi) is 8.94. The highest BCUT2D eigenvalue weighted by atomic mass is 16.5. The summed E-state index contributed by atoms with van der Waals surface area (Å²) < 4.78 is 11.2. The van der Waals surface area contributed by atoms with Crippen molar-refractivity contribution in [1.82, 2.24) is 4.98 Å². The van der Waals surface area contributed by atoms with E-state index in [1.807, 2.05) is 23.1 Å². The number of methoxy groups -OCH3 is 1. The van der Waals surface area contributed by atoms with E-state index in [1.165, 1.54) is 11.1 Å². The summed E-state index contributed by atoms with van der Waals surface area (Å²) in [5.41, 5.74) is 5.27. The molecule has 5 rings (SSSR count). The van der Waals surface area contributed by atoms with Crippen LogP contribution in [0.5, 0.6) is 5.75 Å². The second-order valence-corrected chi connectivity index (χ2v) is 12.2. The third-order valence-electron chi connectivity index (χ3n) is 8.96. The number of carbonyl (C=O) groups excluding carboxylic acids is 1. The Labute approximate surface area is 238 Å². The van der Waals surface area contributed by atoms with Crippen LogP contribution in [0, 0.1) is 18.8 Å². The van der Waals surface area contributed by atoms with Crippen LogP contribution in [-0.2, 0) is 4.79 Å². The number of aryl methyl sites for hydroxylation is 1. The molecule has 6 nitrogen and oxygen atoms in total. The Morgan fingerprint density at radius 2 is 1.80 bits per heavy atom. The van der Waals surface area contributed by atoms with Crippen LogP contribution in [0.25, 0.3) is 11.3 Å². The van der Waals surface area contributed by atoms with Crippen molar-refractivity contribution in [1.29, 1.82) is 0 Å². The van der Waals surface area contributed by atoms with Gasteiger partial charge in [-0.05, 0) is 99.5 Å². The fourth-order valence-corrected chi connectivity index (χ4v) is 6.48. The lowest BCUT2D eigenvalue weighted by molar-refractivity contribution is -0.124. The van der Waals surface area contributed by atoms with Crippen molar-refractivity contribution in [3.63, 3.8) is 0 Å². The Morgan fingerprint density at radius 1 is 1.05 bits per heavy atom. The largest absolute Gasteiger partial charge is 0.496 e. The molecule has 1 aromatic heterocycles. The molecular formula is C34H44N2O4. The Hall–Kier alpha value is -3.12. The summed E-state index contributed by atoms with van der Waals surface area (Å²) in [5, 5.41) is 10.0. The van der Waals surface area contributed by atoms with Gasteiger partial charge in [0.25, 0.3) is 0 Å². The zero-order valence-electron chi connectivity index (χ0n) is 24.4. The first-order valence-electron chi connectivity index (χ1n) is 15.0. The number of carbonyl (C=O) groups is 1. The highest BCUT2D eigenvalue weighted by Gasteiger charge is 2.32. The molecule has 6 heteroatoms. The first-order valence-corrected chi connectivity index (χ1v) is 15.0. The molecule has 2 aliphatic carbocycles. The summed E-state index contributed by atoms with van der Waals surface area (Å²) in [4.78, 5) is 20.7. The fourth-order valence-electron chi connectivity index (χ4n) is 6.48. The van der Waals surface area contributed by atoms with E-state index in [9.17, 15) is 9.90 Å². The fraction of sp³-hybridized carbons (Fsp3) is 0.529. The second kappa shape index (κ2) is 12.6. The highest BCUT2D eigenvalue weighted by Crippen LogP contribution is 2.39. The number of aliphatic hydroxyl groups is 1. The van der Waals surface area contributed by atoms with Crippen molar-refractivity contribution in [3.05, 3.63) is 65.7 Å². The van der Waals surface area contributed by atoms with E-state index in [1.54, 1.807) is 13.4 Å². The molecule has 2 aliphatic rings. The summed E-state index contributed by atoms with van der Waals surface area (Å²) >= 11 is 0. The number of hydrogen-bond acceptors (Lipinski definition) is 5. The number of amides is 1. The van der Waals surface area contributed by atoms with E-state index >= 15 is 0 Å². The molecule has 214 valence electrons. The molecule has 3 aromatic rings. The molecule has 0 atom stereocenters. The van der Waals surface area contributed by atoms with E-state index in [4.69, 9.17) is 9.15 Å². The van der Waals surface area contributed by atoms with Gasteiger partial charge in [0.2, 0.25) is 5.91 Å². The van der Waals surface area contributed by atoms with Crippen molar-refractivity contribution >= 4 is 11.6 Å².